The lowest BCUT2D eigenvalue weighted by Crippen LogP contribution is -2.39. The Morgan fingerprint density at radius 2 is 2.00 bits per heavy atom. The molecule has 1 aliphatic rings. The lowest BCUT2D eigenvalue weighted by atomic mass is 10.2. The van der Waals surface area contributed by atoms with E-state index in [9.17, 15) is 14.3 Å². The summed E-state index contributed by atoms with van der Waals surface area (Å²) in [7, 11) is 0. The minimum Gasteiger partial charge on any atom is -0.491 e. The predicted octanol–water partition coefficient (Wildman–Crippen LogP) is 4.56. The number of nitrogens with one attached hydrogen (secondary N) is 2. The second-order valence-corrected chi connectivity index (χ2v) is 8.77. The van der Waals surface area contributed by atoms with Crippen molar-refractivity contribution in [2.75, 3.05) is 13.2 Å². The predicted molar refractivity (Wildman–Crippen MR) is 121 cm³/mol. The number of ether oxygens (including phenoxy) is 1. The van der Waals surface area contributed by atoms with E-state index in [1.165, 1.54) is 12.1 Å². The van der Waals surface area contributed by atoms with Crippen molar-refractivity contribution in [1.82, 2.24) is 10.6 Å². The molecule has 1 fully saturated rings. The quantitative estimate of drug-likeness (QED) is 0.440. The summed E-state index contributed by atoms with van der Waals surface area (Å²) in [6.07, 6.45) is 1.68. The van der Waals surface area contributed by atoms with Crippen molar-refractivity contribution in [3.8, 4) is 5.75 Å². The smallest absolute Gasteiger partial charge is 0.287 e. The summed E-state index contributed by atoms with van der Waals surface area (Å²) >= 11 is 11.6. The number of benzene rings is 2. The molecule has 0 radical (unpaired) electrons. The molecule has 2 aromatic carbocycles. The molecule has 0 bridgehead atoms. The van der Waals surface area contributed by atoms with E-state index in [4.69, 9.17) is 32.4 Å². The summed E-state index contributed by atoms with van der Waals surface area (Å²) < 4.78 is 24.5. The summed E-state index contributed by atoms with van der Waals surface area (Å²) in [5.41, 5.74) is 0.614. The molecule has 3 atom stereocenters. The maximum absolute atomic E-state index is 13.4. The second-order valence-electron chi connectivity index (χ2n) is 7.92. The van der Waals surface area contributed by atoms with Crippen molar-refractivity contribution in [1.29, 1.82) is 0 Å². The monoisotopic (exact) mass is 480 g/mol. The van der Waals surface area contributed by atoms with Gasteiger partial charge >= 0.3 is 0 Å². The minimum atomic E-state index is -0.759. The number of furan rings is 1. The van der Waals surface area contributed by atoms with Crippen LogP contribution in [0.3, 0.4) is 0 Å². The highest BCUT2D eigenvalue weighted by atomic mass is 35.5. The van der Waals surface area contributed by atoms with Crippen LogP contribution in [0.1, 0.15) is 29.8 Å². The first-order chi connectivity index (χ1) is 15.4. The number of amides is 1. The fourth-order valence-corrected chi connectivity index (χ4v) is 4.10. The van der Waals surface area contributed by atoms with Gasteiger partial charge in [-0.05, 0) is 55.7 Å². The molecule has 6 nitrogen and oxygen atoms in total. The molecule has 1 aromatic heterocycles. The molecule has 170 valence electrons. The van der Waals surface area contributed by atoms with Crippen LogP contribution in [0.2, 0.25) is 10.0 Å². The Labute approximate surface area is 194 Å². The maximum atomic E-state index is 13.4. The number of halogens is 3. The van der Waals surface area contributed by atoms with Gasteiger partial charge in [-0.15, -0.1) is 0 Å². The van der Waals surface area contributed by atoms with Crippen LogP contribution < -0.4 is 15.4 Å². The molecule has 3 N–H and O–H groups in total. The van der Waals surface area contributed by atoms with E-state index < -0.39 is 11.9 Å². The third-order valence-corrected chi connectivity index (χ3v) is 5.99. The summed E-state index contributed by atoms with van der Waals surface area (Å²) in [6.45, 7) is 0.350. The third-order valence-electron chi connectivity index (χ3n) is 5.45. The zero-order chi connectivity index (χ0) is 22.7. The van der Waals surface area contributed by atoms with Crippen molar-refractivity contribution >= 4 is 40.1 Å². The van der Waals surface area contributed by atoms with Gasteiger partial charge in [-0.3, -0.25) is 4.79 Å². The van der Waals surface area contributed by atoms with Gasteiger partial charge in [0, 0.05) is 35.1 Å². The van der Waals surface area contributed by atoms with Crippen molar-refractivity contribution in [3.05, 3.63) is 64.1 Å². The molecular formula is C23H23Cl2FN2O4. The highest BCUT2D eigenvalue weighted by Crippen LogP contribution is 2.25. The number of carbonyl (C=O) groups excluding carboxylic acids is 1. The fraction of sp³-hybridized carbons (Fsp3) is 0.348. The van der Waals surface area contributed by atoms with Crippen LogP contribution in [0, 0.1) is 5.82 Å². The Morgan fingerprint density at radius 1 is 1.19 bits per heavy atom. The zero-order valence-electron chi connectivity index (χ0n) is 17.1. The molecule has 2 unspecified atom stereocenters. The second kappa shape index (κ2) is 10.1. The van der Waals surface area contributed by atoms with Crippen LogP contribution in [-0.2, 0) is 0 Å². The average molecular weight is 481 g/mol. The fourth-order valence-electron chi connectivity index (χ4n) is 3.80. The van der Waals surface area contributed by atoms with E-state index >= 15 is 0 Å². The van der Waals surface area contributed by atoms with Gasteiger partial charge in [0.05, 0.1) is 5.02 Å². The van der Waals surface area contributed by atoms with Gasteiger partial charge in [0.15, 0.2) is 5.76 Å². The van der Waals surface area contributed by atoms with E-state index in [1.54, 1.807) is 30.3 Å². The Balaban J connectivity index is 1.20. The highest BCUT2D eigenvalue weighted by Gasteiger charge is 2.27. The third kappa shape index (κ3) is 5.72. The SMILES string of the molecule is O=C(NC1CC[C@H](NCC(O)COc2ccc(Cl)c(F)c2)C1)c1cc2cc(Cl)ccc2o1. The van der Waals surface area contributed by atoms with Crippen LogP contribution in [0.25, 0.3) is 11.0 Å². The van der Waals surface area contributed by atoms with Gasteiger partial charge < -0.3 is 24.9 Å². The summed E-state index contributed by atoms with van der Waals surface area (Å²) in [4.78, 5) is 12.5. The van der Waals surface area contributed by atoms with Crippen molar-refractivity contribution in [2.24, 2.45) is 0 Å². The molecule has 1 amide bonds. The lowest BCUT2D eigenvalue weighted by Gasteiger charge is -2.17. The van der Waals surface area contributed by atoms with Gasteiger partial charge in [0.1, 0.15) is 29.9 Å². The van der Waals surface area contributed by atoms with Crippen molar-refractivity contribution in [2.45, 2.75) is 37.5 Å². The van der Waals surface area contributed by atoms with E-state index in [2.05, 4.69) is 10.6 Å². The first-order valence-corrected chi connectivity index (χ1v) is 11.1. The van der Waals surface area contributed by atoms with Crippen LogP contribution in [-0.4, -0.2) is 42.4 Å². The normalized spacial score (nSPS) is 19.2. The Morgan fingerprint density at radius 3 is 2.81 bits per heavy atom. The van der Waals surface area contributed by atoms with Gasteiger partial charge in [-0.2, -0.15) is 0 Å². The number of carbonyl (C=O) groups is 1. The molecule has 32 heavy (non-hydrogen) atoms. The van der Waals surface area contributed by atoms with Gasteiger partial charge in [0.2, 0.25) is 0 Å². The van der Waals surface area contributed by atoms with Crippen LogP contribution >= 0.6 is 23.2 Å². The first-order valence-electron chi connectivity index (χ1n) is 10.4. The molecule has 0 spiro atoms. The Hall–Kier alpha value is -2.32. The number of hydrogen-bond acceptors (Lipinski definition) is 5. The number of hydrogen-bond donors (Lipinski definition) is 3. The molecule has 0 saturated heterocycles. The Kier molecular flexibility index (Phi) is 7.20. The lowest BCUT2D eigenvalue weighted by molar-refractivity contribution is 0.0910. The van der Waals surface area contributed by atoms with Gasteiger partial charge in [-0.25, -0.2) is 4.39 Å². The standard InChI is InChI=1S/C23H23Cl2FN2O4/c24-14-1-6-21-13(7-14)8-22(32-21)23(30)28-16-3-2-15(9-16)27-11-17(29)12-31-18-4-5-19(25)20(26)10-18/h1,4-8,10,15-17,27,29H,2-3,9,11-12H2,(H,28,30)/t15-,16?,17?/m0/s1. The van der Waals surface area contributed by atoms with Crippen LogP contribution in [0.4, 0.5) is 4.39 Å². The zero-order valence-corrected chi connectivity index (χ0v) is 18.6. The first kappa shape index (κ1) is 22.9. The molecule has 1 aliphatic carbocycles. The highest BCUT2D eigenvalue weighted by molar-refractivity contribution is 6.31. The van der Waals surface area contributed by atoms with Crippen molar-refractivity contribution < 1.29 is 23.4 Å². The summed E-state index contributed by atoms with van der Waals surface area (Å²) in [5, 5.41) is 17.8. The average Bonchev–Trinajstić information content (AvgIpc) is 3.39. The topological polar surface area (TPSA) is 83.7 Å². The molecule has 4 rings (SSSR count). The minimum absolute atomic E-state index is 0.0160. The molecule has 1 heterocycles. The van der Waals surface area contributed by atoms with Gasteiger partial charge in [-0.1, -0.05) is 23.2 Å². The Bertz CT molecular complexity index is 1110. The van der Waals surface area contributed by atoms with E-state index in [1.807, 2.05) is 0 Å². The summed E-state index contributed by atoms with van der Waals surface area (Å²) in [6, 6.07) is 11.2. The van der Waals surface area contributed by atoms with E-state index in [0.717, 1.165) is 24.6 Å². The molecule has 0 aliphatic heterocycles. The van der Waals surface area contributed by atoms with Crippen LogP contribution in [0.15, 0.2) is 46.9 Å². The maximum Gasteiger partial charge on any atom is 0.287 e. The number of aliphatic hydroxyl groups is 1. The number of aliphatic hydroxyl groups excluding tert-OH is 1. The van der Waals surface area contributed by atoms with E-state index in [-0.39, 0.29) is 35.4 Å². The van der Waals surface area contributed by atoms with E-state index in [0.29, 0.717) is 22.9 Å². The number of rotatable bonds is 8. The molecule has 1 saturated carbocycles. The number of fused-ring (bicyclic) bond motifs is 1. The summed E-state index contributed by atoms with van der Waals surface area (Å²) in [5.74, 6) is -0.263. The molecular weight excluding hydrogens is 458 g/mol. The van der Waals surface area contributed by atoms with Gasteiger partial charge in [0.25, 0.3) is 5.91 Å². The van der Waals surface area contributed by atoms with Crippen molar-refractivity contribution in [3.63, 3.8) is 0 Å². The largest absolute Gasteiger partial charge is 0.491 e. The molecule has 9 heteroatoms. The molecule has 3 aromatic rings. The van der Waals surface area contributed by atoms with Crippen LogP contribution in [0.5, 0.6) is 5.75 Å².